The van der Waals surface area contributed by atoms with E-state index in [1.54, 1.807) is 0 Å². The fraction of sp³-hybridized carbons (Fsp3) is 0.500. The standard InChI is InChI=1S/C20H23N5OS/c1-13-21-17-5-3-2-4-16(17)19(26)25(13)12-14-8-10-24(11-9-14)20-22-18(23-27-20)15-6-7-15/h2-5,14-15H,6-12H2,1H3. The second-order valence-corrected chi connectivity index (χ2v) is 8.46. The summed E-state index contributed by atoms with van der Waals surface area (Å²) >= 11 is 1.54. The van der Waals surface area contributed by atoms with E-state index in [4.69, 9.17) is 4.98 Å². The molecule has 0 bridgehead atoms. The van der Waals surface area contributed by atoms with Gasteiger partial charge in [0.2, 0.25) is 5.13 Å². The van der Waals surface area contributed by atoms with Crippen molar-refractivity contribution in [3.8, 4) is 0 Å². The minimum atomic E-state index is 0.0822. The van der Waals surface area contributed by atoms with Gasteiger partial charge in [0, 0.05) is 37.1 Å². The average molecular weight is 382 g/mol. The van der Waals surface area contributed by atoms with Crippen LogP contribution in [0.25, 0.3) is 10.9 Å². The van der Waals surface area contributed by atoms with E-state index in [1.807, 2.05) is 35.8 Å². The summed E-state index contributed by atoms with van der Waals surface area (Å²) in [5.74, 6) is 2.96. The number of piperidine rings is 1. The lowest BCUT2D eigenvalue weighted by atomic mass is 9.97. The molecule has 140 valence electrons. The predicted molar refractivity (Wildman–Crippen MR) is 108 cm³/mol. The smallest absolute Gasteiger partial charge is 0.261 e. The van der Waals surface area contributed by atoms with Crippen LogP contribution in [0.5, 0.6) is 0 Å². The van der Waals surface area contributed by atoms with Crippen molar-refractivity contribution >= 4 is 27.6 Å². The number of para-hydroxylation sites is 1. The summed E-state index contributed by atoms with van der Waals surface area (Å²) in [5, 5.41) is 1.78. The van der Waals surface area contributed by atoms with Gasteiger partial charge in [-0.2, -0.15) is 4.37 Å². The van der Waals surface area contributed by atoms with Gasteiger partial charge in [-0.3, -0.25) is 9.36 Å². The number of hydrogen-bond acceptors (Lipinski definition) is 6. The first kappa shape index (κ1) is 16.9. The molecule has 1 aliphatic heterocycles. The molecule has 0 atom stereocenters. The first-order chi connectivity index (χ1) is 13.2. The van der Waals surface area contributed by atoms with Gasteiger partial charge in [-0.1, -0.05) is 12.1 Å². The van der Waals surface area contributed by atoms with E-state index < -0.39 is 0 Å². The van der Waals surface area contributed by atoms with Gasteiger partial charge in [0.05, 0.1) is 10.9 Å². The minimum Gasteiger partial charge on any atom is -0.347 e. The molecule has 0 radical (unpaired) electrons. The van der Waals surface area contributed by atoms with Gasteiger partial charge in [0.15, 0.2) is 0 Å². The fourth-order valence-electron chi connectivity index (χ4n) is 3.92. The maximum absolute atomic E-state index is 12.9. The minimum absolute atomic E-state index is 0.0822. The van der Waals surface area contributed by atoms with Gasteiger partial charge in [-0.05, 0) is 50.7 Å². The zero-order valence-electron chi connectivity index (χ0n) is 15.5. The van der Waals surface area contributed by atoms with E-state index in [-0.39, 0.29) is 5.56 Å². The second kappa shape index (κ2) is 6.71. The topological polar surface area (TPSA) is 63.9 Å². The highest BCUT2D eigenvalue weighted by Gasteiger charge is 2.29. The van der Waals surface area contributed by atoms with Crippen molar-refractivity contribution in [1.82, 2.24) is 18.9 Å². The van der Waals surface area contributed by atoms with Crippen molar-refractivity contribution in [2.75, 3.05) is 18.0 Å². The van der Waals surface area contributed by atoms with E-state index in [9.17, 15) is 4.79 Å². The maximum atomic E-state index is 12.9. The van der Waals surface area contributed by atoms with Gasteiger partial charge in [0.1, 0.15) is 11.6 Å². The second-order valence-electron chi connectivity index (χ2n) is 7.73. The monoisotopic (exact) mass is 381 g/mol. The van der Waals surface area contributed by atoms with Crippen LogP contribution in [0.1, 0.15) is 43.3 Å². The van der Waals surface area contributed by atoms with Gasteiger partial charge < -0.3 is 4.90 Å². The highest BCUT2D eigenvalue weighted by atomic mass is 32.1. The van der Waals surface area contributed by atoms with Gasteiger partial charge in [-0.25, -0.2) is 9.97 Å². The first-order valence-corrected chi connectivity index (χ1v) is 10.5. The van der Waals surface area contributed by atoms with Crippen LogP contribution in [-0.4, -0.2) is 32.0 Å². The molecular weight excluding hydrogens is 358 g/mol. The molecule has 2 aliphatic rings. The van der Waals surface area contributed by atoms with E-state index >= 15 is 0 Å². The van der Waals surface area contributed by atoms with Crippen LogP contribution in [0.3, 0.4) is 0 Å². The molecule has 1 saturated carbocycles. The number of hydrogen-bond donors (Lipinski definition) is 0. The predicted octanol–water partition coefficient (Wildman–Crippen LogP) is 3.35. The maximum Gasteiger partial charge on any atom is 0.261 e. The Morgan fingerprint density at radius 3 is 2.67 bits per heavy atom. The summed E-state index contributed by atoms with van der Waals surface area (Å²) in [6.07, 6.45) is 4.62. The zero-order chi connectivity index (χ0) is 18.4. The molecule has 1 aromatic carbocycles. The molecule has 0 N–H and O–H groups in total. The Hall–Kier alpha value is -2.28. The Labute approximate surface area is 162 Å². The molecule has 6 nitrogen and oxygen atoms in total. The van der Waals surface area contributed by atoms with Crippen molar-refractivity contribution in [2.45, 2.75) is 45.1 Å². The highest BCUT2D eigenvalue weighted by molar-refractivity contribution is 7.09. The molecule has 0 amide bonds. The van der Waals surface area contributed by atoms with Crippen molar-refractivity contribution in [3.63, 3.8) is 0 Å². The quantitative estimate of drug-likeness (QED) is 0.693. The summed E-state index contributed by atoms with van der Waals surface area (Å²) in [6.45, 7) is 4.65. The van der Waals surface area contributed by atoms with E-state index in [1.165, 1.54) is 24.4 Å². The number of anilines is 1. The molecule has 27 heavy (non-hydrogen) atoms. The number of fused-ring (bicyclic) bond motifs is 1. The summed E-state index contributed by atoms with van der Waals surface area (Å²) in [7, 11) is 0. The van der Waals surface area contributed by atoms with Crippen molar-refractivity contribution < 1.29 is 0 Å². The molecule has 3 heterocycles. The number of nitrogens with zero attached hydrogens (tertiary/aromatic N) is 5. The Kier molecular flexibility index (Phi) is 4.19. The van der Waals surface area contributed by atoms with Gasteiger partial charge in [-0.15, -0.1) is 0 Å². The SMILES string of the molecule is Cc1nc2ccccc2c(=O)n1CC1CCN(c2nc(C3CC3)ns2)CC1. The van der Waals surface area contributed by atoms with Crippen molar-refractivity contribution in [2.24, 2.45) is 5.92 Å². The molecule has 1 saturated heterocycles. The van der Waals surface area contributed by atoms with Crippen molar-refractivity contribution in [1.29, 1.82) is 0 Å². The lowest BCUT2D eigenvalue weighted by Gasteiger charge is -2.32. The molecule has 5 rings (SSSR count). The van der Waals surface area contributed by atoms with Crippen molar-refractivity contribution in [3.05, 3.63) is 46.3 Å². The third kappa shape index (κ3) is 3.25. The third-order valence-electron chi connectivity index (χ3n) is 5.75. The largest absolute Gasteiger partial charge is 0.347 e. The third-order valence-corrected chi connectivity index (χ3v) is 6.54. The summed E-state index contributed by atoms with van der Waals surface area (Å²) < 4.78 is 6.39. The zero-order valence-corrected chi connectivity index (χ0v) is 16.3. The molecular formula is C20H23N5OS. The number of aryl methyl sites for hydroxylation is 1. The Morgan fingerprint density at radius 2 is 1.89 bits per heavy atom. The molecule has 0 unspecified atom stereocenters. The molecule has 1 aliphatic carbocycles. The summed E-state index contributed by atoms with van der Waals surface area (Å²) in [4.78, 5) is 24.6. The number of aromatic nitrogens is 4. The fourth-order valence-corrected chi connectivity index (χ4v) is 4.72. The highest BCUT2D eigenvalue weighted by Crippen LogP contribution is 2.40. The number of benzene rings is 1. The first-order valence-electron chi connectivity index (χ1n) is 9.74. The Morgan fingerprint density at radius 1 is 1.11 bits per heavy atom. The van der Waals surface area contributed by atoms with Crippen LogP contribution >= 0.6 is 11.5 Å². The molecule has 2 fully saturated rings. The summed E-state index contributed by atoms with van der Waals surface area (Å²) in [5.41, 5.74) is 0.868. The van der Waals surface area contributed by atoms with Crippen LogP contribution in [0, 0.1) is 12.8 Å². The molecule has 0 spiro atoms. The number of rotatable bonds is 4. The Balaban J connectivity index is 1.29. The van der Waals surface area contributed by atoms with Gasteiger partial charge >= 0.3 is 0 Å². The lowest BCUT2D eigenvalue weighted by molar-refractivity contribution is 0.348. The van der Waals surface area contributed by atoms with E-state index in [2.05, 4.69) is 14.3 Å². The normalized spacial score (nSPS) is 18.3. The van der Waals surface area contributed by atoms with Crippen LogP contribution < -0.4 is 10.5 Å². The van der Waals surface area contributed by atoms with Gasteiger partial charge in [0.25, 0.3) is 5.56 Å². The van der Waals surface area contributed by atoms with Crippen LogP contribution in [-0.2, 0) is 6.54 Å². The van der Waals surface area contributed by atoms with E-state index in [0.717, 1.165) is 54.8 Å². The molecule has 3 aromatic rings. The Bertz CT molecular complexity index is 1030. The van der Waals surface area contributed by atoms with Crippen LogP contribution in [0.4, 0.5) is 5.13 Å². The summed E-state index contributed by atoms with van der Waals surface area (Å²) in [6, 6.07) is 7.61. The van der Waals surface area contributed by atoms with E-state index in [0.29, 0.717) is 17.2 Å². The molecule has 2 aromatic heterocycles. The lowest BCUT2D eigenvalue weighted by Crippen LogP contribution is -2.37. The van der Waals surface area contributed by atoms with Crippen LogP contribution in [0.2, 0.25) is 0 Å². The van der Waals surface area contributed by atoms with Crippen LogP contribution in [0.15, 0.2) is 29.1 Å². The average Bonchev–Trinajstić information content (AvgIpc) is 3.43. The molecule has 7 heteroatoms.